The molecule has 1 N–H and O–H groups in total. The molecule has 0 unspecified atom stereocenters. The molecule has 0 amide bonds. The first kappa shape index (κ1) is 12.7. The second-order valence-corrected chi connectivity index (χ2v) is 3.98. The lowest BCUT2D eigenvalue weighted by molar-refractivity contribution is 0.0518. The zero-order valence-electron chi connectivity index (χ0n) is 9.93. The number of carbonyl (C=O) groups is 1. The van der Waals surface area contributed by atoms with E-state index < -0.39 is 5.97 Å². The molecule has 0 aromatic carbocycles. The van der Waals surface area contributed by atoms with E-state index in [1.807, 2.05) is 13.8 Å². The summed E-state index contributed by atoms with van der Waals surface area (Å²) in [6.07, 6.45) is 0. The summed E-state index contributed by atoms with van der Waals surface area (Å²) >= 11 is 0. The molecule has 5 heteroatoms. The average molecular weight is 226 g/mol. The Bertz CT molecular complexity index is 358. The minimum absolute atomic E-state index is 0.126. The van der Waals surface area contributed by atoms with Gasteiger partial charge in [0, 0.05) is 6.54 Å². The van der Waals surface area contributed by atoms with Crippen LogP contribution in [-0.2, 0) is 17.9 Å². The minimum atomic E-state index is -0.445. The van der Waals surface area contributed by atoms with Gasteiger partial charge in [-0.2, -0.15) is 5.10 Å². The fraction of sp³-hybridized carbons (Fsp3) is 0.636. The standard InChI is InChI=1S/C11H18N2O3/c1-4-16-11(15)10-5-9(7-14)13(12-10)6-8(2)3/h5,8,14H,4,6-7H2,1-3H3. The normalized spacial score (nSPS) is 10.8. The van der Waals surface area contributed by atoms with Gasteiger partial charge in [0.2, 0.25) is 0 Å². The molecule has 1 aromatic rings. The quantitative estimate of drug-likeness (QED) is 0.766. The predicted octanol–water partition coefficient (Wildman–Crippen LogP) is 1.21. The lowest BCUT2D eigenvalue weighted by Crippen LogP contribution is -2.11. The van der Waals surface area contributed by atoms with Crippen LogP contribution in [-0.4, -0.2) is 27.5 Å². The number of nitrogens with zero attached hydrogens (tertiary/aromatic N) is 2. The lowest BCUT2D eigenvalue weighted by atomic mass is 10.2. The minimum Gasteiger partial charge on any atom is -0.461 e. The van der Waals surface area contributed by atoms with E-state index in [-0.39, 0.29) is 12.3 Å². The van der Waals surface area contributed by atoms with Gasteiger partial charge >= 0.3 is 5.97 Å². The summed E-state index contributed by atoms with van der Waals surface area (Å²) in [5, 5.41) is 13.3. The van der Waals surface area contributed by atoms with Gasteiger partial charge in [0.25, 0.3) is 0 Å². The number of carbonyl (C=O) groups excluding carboxylic acids is 1. The van der Waals surface area contributed by atoms with Crippen molar-refractivity contribution in [2.24, 2.45) is 5.92 Å². The largest absolute Gasteiger partial charge is 0.461 e. The summed E-state index contributed by atoms with van der Waals surface area (Å²) in [5.41, 5.74) is 0.892. The van der Waals surface area contributed by atoms with Crippen molar-refractivity contribution in [3.8, 4) is 0 Å². The Kier molecular flexibility index (Phi) is 4.49. The fourth-order valence-electron chi connectivity index (χ4n) is 1.39. The Hall–Kier alpha value is -1.36. The van der Waals surface area contributed by atoms with E-state index in [1.54, 1.807) is 17.7 Å². The van der Waals surface area contributed by atoms with Gasteiger partial charge in [0.15, 0.2) is 5.69 Å². The number of aliphatic hydroxyl groups excluding tert-OH is 1. The van der Waals surface area contributed by atoms with E-state index in [0.717, 1.165) is 0 Å². The van der Waals surface area contributed by atoms with E-state index in [2.05, 4.69) is 5.10 Å². The van der Waals surface area contributed by atoms with Gasteiger partial charge in [0.1, 0.15) is 0 Å². The van der Waals surface area contributed by atoms with Crippen LogP contribution in [0.25, 0.3) is 0 Å². The monoisotopic (exact) mass is 226 g/mol. The third kappa shape index (κ3) is 3.06. The lowest BCUT2D eigenvalue weighted by Gasteiger charge is -2.07. The van der Waals surface area contributed by atoms with Gasteiger partial charge in [-0.15, -0.1) is 0 Å². The van der Waals surface area contributed by atoms with Gasteiger partial charge in [-0.1, -0.05) is 13.8 Å². The molecule has 1 heterocycles. The van der Waals surface area contributed by atoms with E-state index >= 15 is 0 Å². The van der Waals surface area contributed by atoms with Gasteiger partial charge in [-0.25, -0.2) is 4.79 Å². The van der Waals surface area contributed by atoms with Crippen LogP contribution in [0, 0.1) is 5.92 Å². The summed E-state index contributed by atoms with van der Waals surface area (Å²) < 4.78 is 6.50. The van der Waals surface area contributed by atoms with Crippen molar-refractivity contribution in [1.82, 2.24) is 9.78 Å². The summed E-state index contributed by atoms with van der Waals surface area (Å²) in [5.74, 6) is -0.0417. The number of hydrogen-bond donors (Lipinski definition) is 1. The SMILES string of the molecule is CCOC(=O)c1cc(CO)n(CC(C)C)n1. The maximum absolute atomic E-state index is 11.4. The zero-order valence-corrected chi connectivity index (χ0v) is 9.93. The molecule has 0 saturated carbocycles. The topological polar surface area (TPSA) is 64.3 Å². The van der Waals surface area contributed by atoms with Crippen molar-refractivity contribution in [2.75, 3.05) is 6.61 Å². The van der Waals surface area contributed by atoms with Crippen LogP contribution in [0.1, 0.15) is 37.0 Å². The van der Waals surface area contributed by atoms with E-state index in [1.165, 1.54) is 0 Å². The molecule has 0 atom stereocenters. The van der Waals surface area contributed by atoms with Crippen LogP contribution in [0.2, 0.25) is 0 Å². The van der Waals surface area contributed by atoms with E-state index in [0.29, 0.717) is 24.8 Å². The van der Waals surface area contributed by atoms with Crippen molar-refractivity contribution >= 4 is 5.97 Å². The molecular weight excluding hydrogens is 208 g/mol. The van der Waals surface area contributed by atoms with Gasteiger partial charge in [-0.3, -0.25) is 4.68 Å². The highest BCUT2D eigenvalue weighted by molar-refractivity contribution is 5.87. The first-order valence-corrected chi connectivity index (χ1v) is 5.43. The fourth-order valence-corrected chi connectivity index (χ4v) is 1.39. The number of ether oxygens (including phenoxy) is 1. The van der Waals surface area contributed by atoms with Crippen molar-refractivity contribution < 1.29 is 14.6 Å². The first-order valence-electron chi connectivity index (χ1n) is 5.43. The van der Waals surface area contributed by atoms with Crippen molar-refractivity contribution in [1.29, 1.82) is 0 Å². The Labute approximate surface area is 95.0 Å². The highest BCUT2D eigenvalue weighted by Crippen LogP contribution is 2.09. The van der Waals surface area contributed by atoms with Crippen LogP contribution < -0.4 is 0 Å². The van der Waals surface area contributed by atoms with Gasteiger partial charge in [0.05, 0.1) is 18.9 Å². The summed E-state index contributed by atoms with van der Waals surface area (Å²) in [4.78, 5) is 11.4. The van der Waals surface area contributed by atoms with Crippen molar-refractivity contribution in [3.63, 3.8) is 0 Å². The predicted molar refractivity (Wildman–Crippen MR) is 58.9 cm³/mol. The molecule has 0 aliphatic heterocycles. The van der Waals surface area contributed by atoms with E-state index in [4.69, 9.17) is 9.84 Å². The van der Waals surface area contributed by atoms with Crippen LogP contribution >= 0.6 is 0 Å². The third-order valence-electron chi connectivity index (χ3n) is 2.05. The number of aromatic nitrogens is 2. The van der Waals surface area contributed by atoms with Gasteiger partial charge < -0.3 is 9.84 Å². The Morgan fingerprint density at radius 3 is 2.81 bits per heavy atom. The maximum atomic E-state index is 11.4. The molecule has 0 bridgehead atoms. The van der Waals surface area contributed by atoms with Crippen LogP contribution in [0.15, 0.2) is 6.07 Å². The highest BCUT2D eigenvalue weighted by atomic mass is 16.5. The molecule has 16 heavy (non-hydrogen) atoms. The smallest absolute Gasteiger partial charge is 0.358 e. The van der Waals surface area contributed by atoms with Crippen LogP contribution in [0.3, 0.4) is 0 Å². The third-order valence-corrected chi connectivity index (χ3v) is 2.05. The summed E-state index contributed by atoms with van der Waals surface area (Å²) in [7, 11) is 0. The van der Waals surface area contributed by atoms with Crippen LogP contribution in [0.5, 0.6) is 0 Å². The molecule has 0 radical (unpaired) electrons. The molecule has 1 aromatic heterocycles. The molecule has 90 valence electrons. The maximum Gasteiger partial charge on any atom is 0.358 e. The molecule has 1 rings (SSSR count). The van der Waals surface area contributed by atoms with E-state index in [9.17, 15) is 4.79 Å². The number of hydrogen-bond acceptors (Lipinski definition) is 4. The second-order valence-electron chi connectivity index (χ2n) is 3.98. The molecule has 0 saturated heterocycles. The molecular formula is C11H18N2O3. The zero-order chi connectivity index (χ0) is 12.1. The Morgan fingerprint density at radius 2 is 2.31 bits per heavy atom. The Balaban J connectivity index is 2.88. The summed E-state index contributed by atoms with van der Waals surface area (Å²) in [6.45, 7) is 6.72. The van der Waals surface area contributed by atoms with Crippen molar-refractivity contribution in [2.45, 2.75) is 33.9 Å². The number of esters is 1. The number of rotatable bonds is 5. The molecule has 5 nitrogen and oxygen atoms in total. The molecule has 0 fully saturated rings. The molecule has 0 aliphatic carbocycles. The highest BCUT2D eigenvalue weighted by Gasteiger charge is 2.15. The van der Waals surface area contributed by atoms with Crippen molar-refractivity contribution in [3.05, 3.63) is 17.5 Å². The Morgan fingerprint density at radius 1 is 1.62 bits per heavy atom. The first-order chi connectivity index (χ1) is 7.58. The number of aliphatic hydroxyl groups is 1. The van der Waals surface area contributed by atoms with Crippen LogP contribution in [0.4, 0.5) is 0 Å². The molecule has 0 spiro atoms. The summed E-state index contributed by atoms with van der Waals surface area (Å²) in [6, 6.07) is 1.57. The van der Waals surface area contributed by atoms with Gasteiger partial charge in [-0.05, 0) is 18.9 Å². The average Bonchev–Trinajstić information content (AvgIpc) is 2.60. The molecule has 0 aliphatic rings. The second kappa shape index (κ2) is 5.65.